The quantitative estimate of drug-likeness (QED) is 0.782. The zero-order valence-corrected chi connectivity index (χ0v) is 11.3. The van der Waals surface area contributed by atoms with E-state index >= 15 is 0 Å². The second kappa shape index (κ2) is 5.06. The van der Waals surface area contributed by atoms with E-state index in [2.05, 4.69) is 5.10 Å². The maximum atomic E-state index is 12.6. The summed E-state index contributed by atoms with van der Waals surface area (Å²) in [5, 5.41) is 3.72. The number of hydrogen-bond acceptors (Lipinski definition) is 2. The van der Waals surface area contributed by atoms with Gasteiger partial charge in [0.05, 0.1) is 11.6 Å². The van der Waals surface area contributed by atoms with Gasteiger partial charge in [-0.25, -0.2) is 0 Å². The van der Waals surface area contributed by atoms with Gasteiger partial charge in [0.15, 0.2) is 5.69 Å². The Kier molecular flexibility index (Phi) is 3.52. The maximum absolute atomic E-state index is 12.6. The molecule has 0 radical (unpaired) electrons. The van der Waals surface area contributed by atoms with Crippen LogP contribution in [-0.4, -0.2) is 22.0 Å². The summed E-state index contributed by atoms with van der Waals surface area (Å²) in [4.78, 5) is 0. The summed E-state index contributed by atoms with van der Waals surface area (Å²) in [5.41, 5.74) is -0.924. The van der Waals surface area contributed by atoms with Gasteiger partial charge in [-0.3, -0.25) is 4.68 Å². The Morgan fingerprint density at radius 2 is 2.00 bits per heavy atom. The van der Waals surface area contributed by atoms with Gasteiger partial charge >= 0.3 is 6.18 Å². The van der Waals surface area contributed by atoms with Crippen molar-refractivity contribution in [3.05, 3.63) is 18.0 Å². The molecule has 3 nitrogen and oxygen atoms in total. The lowest BCUT2D eigenvalue weighted by Gasteiger charge is -2.43. The van der Waals surface area contributed by atoms with E-state index in [1.165, 1.54) is 17.3 Å². The minimum atomic E-state index is -4.36. The molecule has 1 aliphatic heterocycles. The SMILES string of the molecule is FC(F)(F)c1ccn(C2CCOC3(CCCCC3)C2)n1. The molecule has 1 spiro atoms. The van der Waals surface area contributed by atoms with Crippen molar-refractivity contribution in [2.24, 2.45) is 0 Å². The first-order chi connectivity index (χ1) is 9.49. The fourth-order valence-corrected chi connectivity index (χ4v) is 3.46. The van der Waals surface area contributed by atoms with Gasteiger partial charge in [-0.15, -0.1) is 0 Å². The highest BCUT2D eigenvalue weighted by Gasteiger charge is 2.40. The molecule has 0 N–H and O–H groups in total. The Morgan fingerprint density at radius 3 is 2.65 bits per heavy atom. The molecule has 6 heteroatoms. The topological polar surface area (TPSA) is 27.1 Å². The Labute approximate surface area is 116 Å². The first kappa shape index (κ1) is 13.9. The lowest BCUT2D eigenvalue weighted by molar-refractivity contribution is -0.142. The van der Waals surface area contributed by atoms with Crippen LogP contribution in [0.1, 0.15) is 56.7 Å². The molecule has 3 rings (SSSR count). The molecular weight excluding hydrogens is 269 g/mol. The zero-order chi connectivity index (χ0) is 14.2. The minimum Gasteiger partial charge on any atom is -0.375 e. The van der Waals surface area contributed by atoms with Crippen molar-refractivity contribution in [1.82, 2.24) is 9.78 Å². The van der Waals surface area contributed by atoms with Crippen LogP contribution < -0.4 is 0 Å². The van der Waals surface area contributed by atoms with Crippen molar-refractivity contribution in [2.75, 3.05) is 6.61 Å². The Bertz CT molecular complexity index is 458. The molecule has 1 aliphatic carbocycles. The lowest BCUT2D eigenvalue weighted by Crippen LogP contribution is -2.42. The monoisotopic (exact) mass is 288 g/mol. The van der Waals surface area contributed by atoms with Gasteiger partial charge in [0, 0.05) is 12.8 Å². The summed E-state index contributed by atoms with van der Waals surface area (Å²) >= 11 is 0. The van der Waals surface area contributed by atoms with E-state index in [9.17, 15) is 13.2 Å². The van der Waals surface area contributed by atoms with Crippen LogP contribution in [-0.2, 0) is 10.9 Å². The van der Waals surface area contributed by atoms with E-state index in [1.807, 2.05) is 0 Å². The number of ether oxygens (including phenoxy) is 1. The smallest absolute Gasteiger partial charge is 0.375 e. The van der Waals surface area contributed by atoms with Crippen molar-refractivity contribution in [3.8, 4) is 0 Å². The summed E-state index contributed by atoms with van der Waals surface area (Å²) in [6.07, 6.45) is 4.20. The molecule has 1 aromatic rings. The highest BCUT2D eigenvalue weighted by Crippen LogP contribution is 2.42. The first-order valence-corrected chi connectivity index (χ1v) is 7.25. The van der Waals surface area contributed by atoms with Crippen molar-refractivity contribution in [1.29, 1.82) is 0 Å². The van der Waals surface area contributed by atoms with Crippen LogP contribution in [0.25, 0.3) is 0 Å². The molecule has 112 valence electrons. The number of halogens is 3. The van der Waals surface area contributed by atoms with Crippen molar-refractivity contribution in [2.45, 2.75) is 62.8 Å². The molecule has 2 aliphatic rings. The van der Waals surface area contributed by atoms with Crippen molar-refractivity contribution >= 4 is 0 Å². The van der Waals surface area contributed by atoms with Gasteiger partial charge in [0.25, 0.3) is 0 Å². The van der Waals surface area contributed by atoms with Crippen LogP contribution in [0.2, 0.25) is 0 Å². The summed E-state index contributed by atoms with van der Waals surface area (Å²) in [6.45, 7) is 0.617. The van der Waals surface area contributed by atoms with Crippen LogP contribution >= 0.6 is 0 Å². The van der Waals surface area contributed by atoms with Gasteiger partial charge in [0.1, 0.15) is 0 Å². The lowest BCUT2D eigenvalue weighted by atomic mass is 9.78. The first-order valence-electron chi connectivity index (χ1n) is 7.25. The molecule has 1 atom stereocenters. The third kappa shape index (κ3) is 2.71. The van der Waals surface area contributed by atoms with Crippen LogP contribution in [0.15, 0.2) is 12.3 Å². The molecule has 1 unspecified atom stereocenters. The fourth-order valence-electron chi connectivity index (χ4n) is 3.46. The standard InChI is InChI=1S/C14H19F3N2O/c15-14(16,17)12-4-8-19(18-12)11-5-9-20-13(10-11)6-2-1-3-7-13/h4,8,11H,1-3,5-7,9-10H2. The summed E-state index contributed by atoms with van der Waals surface area (Å²) in [6, 6.07) is 1.08. The fraction of sp³-hybridized carbons (Fsp3) is 0.786. The number of aromatic nitrogens is 2. The van der Waals surface area contributed by atoms with E-state index in [4.69, 9.17) is 4.74 Å². The Morgan fingerprint density at radius 1 is 1.25 bits per heavy atom. The van der Waals surface area contributed by atoms with Gasteiger partial charge in [-0.2, -0.15) is 18.3 Å². The number of hydrogen-bond donors (Lipinski definition) is 0. The molecule has 0 amide bonds. The van der Waals surface area contributed by atoms with Gasteiger partial charge in [0.2, 0.25) is 0 Å². The summed E-state index contributed by atoms with van der Waals surface area (Å²) < 4.78 is 45.3. The van der Waals surface area contributed by atoms with E-state index in [0.717, 1.165) is 44.6 Å². The predicted octanol–water partition coefficient (Wildman–Crippen LogP) is 3.96. The normalized spacial score (nSPS) is 26.9. The predicted molar refractivity (Wildman–Crippen MR) is 67.3 cm³/mol. The van der Waals surface area contributed by atoms with E-state index in [1.54, 1.807) is 0 Å². The number of alkyl halides is 3. The molecule has 2 fully saturated rings. The third-order valence-corrected chi connectivity index (χ3v) is 4.50. The molecular formula is C14H19F3N2O. The maximum Gasteiger partial charge on any atom is 0.435 e. The minimum absolute atomic E-state index is 0.0259. The van der Waals surface area contributed by atoms with Crippen LogP contribution in [0.3, 0.4) is 0 Å². The highest BCUT2D eigenvalue weighted by atomic mass is 19.4. The van der Waals surface area contributed by atoms with Crippen molar-refractivity contribution < 1.29 is 17.9 Å². The summed E-state index contributed by atoms with van der Waals surface area (Å²) in [5.74, 6) is 0. The van der Waals surface area contributed by atoms with Crippen LogP contribution in [0.4, 0.5) is 13.2 Å². The van der Waals surface area contributed by atoms with E-state index in [-0.39, 0.29) is 11.6 Å². The molecule has 1 saturated heterocycles. The molecule has 1 aromatic heterocycles. The molecule has 1 saturated carbocycles. The van der Waals surface area contributed by atoms with Gasteiger partial charge in [-0.05, 0) is 31.7 Å². The second-order valence-corrected chi connectivity index (χ2v) is 5.92. The van der Waals surface area contributed by atoms with E-state index < -0.39 is 11.9 Å². The molecule has 20 heavy (non-hydrogen) atoms. The molecule has 2 heterocycles. The van der Waals surface area contributed by atoms with Gasteiger partial charge in [-0.1, -0.05) is 19.3 Å². The van der Waals surface area contributed by atoms with E-state index in [0.29, 0.717) is 6.61 Å². The molecule has 0 aromatic carbocycles. The summed E-state index contributed by atoms with van der Waals surface area (Å²) in [7, 11) is 0. The Balaban J connectivity index is 1.75. The average molecular weight is 288 g/mol. The van der Waals surface area contributed by atoms with Gasteiger partial charge < -0.3 is 4.74 Å². The third-order valence-electron chi connectivity index (χ3n) is 4.50. The largest absolute Gasteiger partial charge is 0.435 e. The highest BCUT2D eigenvalue weighted by molar-refractivity contribution is 5.04. The van der Waals surface area contributed by atoms with Crippen LogP contribution in [0.5, 0.6) is 0 Å². The Hall–Kier alpha value is -1.04. The molecule has 0 bridgehead atoms. The number of rotatable bonds is 1. The number of nitrogens with zero attached hydrogens (tertiary/aromatic N) is 2. The zero-order valence-electron chi connectivity index (χ0n) is 11.3. The average Bonchev–Trinajstić information content (AvgIpc) is 2.89. The van der Waals surface area contributed by atoms with Crippen LogP contribution in [0, 0.1) is 0 Å². The van der Waals surface area contributed by atoms with Crippen molar-refractivity contribution in [3.63, 3.8) is 0 Å². The second-order valence-electron chi connectivity index (χ2n) is 5.92.